The summed E-state index contributed by atoms with van der Waals surface area (Å²) in [4.78, 5) is 27.7. The number of carbonyl (C=O) groups is 2. The van der Waals surface area contributed by atoms with Crippen molar-refractivity contribution in [2.75, 3.05) is 19.6 Å². The maximum Gasteiger partial charge on any atom is 0.249 e. The minimum absolute atomic E-state index is 0.182. The lowest BCUT2D eigenvalue weighted by molar-refractivity contribution is -0.127. The highest BCUT2D eigenvalue weighted by molar-refractivity contribution is 5.93. The van der Waals surface area contributed by atoms with E-state index in [9.17, 15) is 9.59 Å². The molecule has 0 fully saturated rings. The molecule has 1 aromatic carbocycles. The smallest absolute Gasteiger partial charge is 0.249 e. The fourth-order valence-electron chi connectivity index (χ4n) is 4.81. The van der Waals surface area contributed by atoms with Gasteiger partial charge in [-0.05, 0) is 50.7 Å². The van der Waals surface area contributed by atoms with E-state index in [1.54, 1.807) is 6.08 Å². The van der Waals surface area contributed by atoms with Gasteiger partial charge in [-0.2, -0.15) is 0 Å². The Kier molecular flexibility index (Phi) is 15.6. The van der Waals surface area contributed by atoms with Crippen molar-refractivity contribution in [3.8, 4) is 0 Å². The van der Waals surface area contributed by atoms with Crippen molar-refractivity contribution in [2.45, 2.75) is 110 Å². The Morgan fingerprint density at radius 2 is 1.36 bits per heavy atom. The first-order valence-corrected chi connectivity index (χ1v) is 14.6. The third-order valence-electron chi connectivity index (χ3n) is 7.08. The minimum Gasteiger partial charge on any atom is -0.339 e. The molecule has 0 saturated carbocycles. The van der Waals surface area contributed by atoms with Gasteiger partial charge in [-0.15, -0.1) is 0 Å². The first-order valence-electron chi connectivity index (χ1n) is 14.6. The van der Waals surface area contributed by atoms with Crippen molar-refractivity contribution < 1.29 is 9.59 Å². The summed E-state index contributed by atoms with van der Waals surface area (Å²) in [5, 5.41) is 0. The maximum atomic E-state index is 12.0. The molecule has 0 aliphatic carbocycles. The van der Waals surface area contributed by atoms with Crippen LogP contribution in [0.1, 0.15) is 109 Å². The van der Waals surface area contributed by atoms with Crippen LogP contribution in [0.5, 0.6) is 0 Å². The van der Waals surface area contributed by atoms with E-state index >= 15 is 0 Å². The van der Waals surface area contributed by atoms with Gasteiger partial charge in [0.05, 0.1) is 0 Å². The average molecular weight is 495 g/mol. The first-order chi connectivity index (χ1) is 17.6. The van der Waals surface area contributed by atoms with E-state index in [1.807, 2.05) is 47.1 Å². The molecule has 2 aliphatic heterocycles. The van der Waals surface area contributed by atoms with Gasteiger partial charge in [0.25, 0.3) is 0 Å². The molecule has 3 rings (SSSR count). The predicted molar refractivity (Wildman–Crippen MR) is 152 cm³/mol. The summed E-state index contributed by atoms with van der Waals surface area (Å²) in [7, 11) is 0. The molecule has 0 saturated heterocycles. The van der Waals surface area contributed by atoms with Gasteiger partial charge in [0.2, 0.25) is 11.8 Å². The van der Waals surface area contributed by atoms with Crippen molar-refractivity contribution in [3.05, 3.63) is 59.7 Å². The van der Waals surface area contributed by atoms with Crippen molar-refractivity contribution >= 4 is 11.8 Å². The van der Waals surface area contributed by atoms with E-state index in [4.69, 9.17) is 0 Å². The highest BCUT2D eigenvalue weighted by Gasteiger charge is 2.17. The van der Waals surface area contributed by atoms with Crippen LogP contribution in [0.2, 0.25) is 0 Å². The fraction of sp³-hybridized carbons (Fsp3) is 0.625. The Morgan fingerprint density at radius 3 is 2.06 bits per heavy atom. The maximum absolute atomic E-state index is 12.0. The summed E-state index contributed by atoms with van der Waals surface area (Å²) < 4.78 is 0. The Balaban J connectivity index is 0.000000259. The van der Waals surface area contributed by atoms with Crippen LogP contribution in [0.4, 0.5) is 0 Å². The highest BCUT2D eigenvalue weighted by Crippen LogP contribution is 2.15. The zero-order valence-corrected chi connectivity index (χ0v) is 23.1. The number of allylic oxidation sites excluding steroid dienone is 2. The summed E-state index contributed by atoms with van der Waals surface area (Å²) in [6.07, 6.45) is 23.6. The largest absolute Gasteiger partial charge is 0.339 e. The Labute approximate surface area is 220 Å². The van der Waals surface area contributed by atoms with Gasteiger partial charge in [-0.3, -0.25) is 9.59 Å². The third kappa shape index (κ3) is 12.6. The fourth-order valence-corrected chi connectivity index (χ4v) is 4.81. The molecule has 0 unspecified atom stereocenters. The van der Waals surface area contributed by atoms with E-state index in [0.29, 0.717) is 0 Å². The van der Waals surface area contributed by atoms with Crippen LogP contribution in [0, 0.1) is 0 Å². The molecule has 0 atom stereocenters. The van der Waals surface area contributed by atoms with Gasteiger partial charge in [-0.1, -0.05) is 107 Å². The summed E-state index contributed by atoms with van der Waals surface area (Å²) in [5.74, 6) is 0.403. The third-order valence-corrected chi connectivity index (χ3v) is 7.08. The van der Waals surface area contributed by atoms with E-state index in [0.717, 1.165) is 57.4 Å². The van der Waals surface area contributed by atoms with Gasteiger partial charge in [-0.25, -0.2) is 0 Å². The minimum atomic E-state index is 0.182. The van der Waals surface area contributed by atoms with Crippen molar-refractivity contribution in [1.82, 2.24) is 9.80 Å². The molecule has 0 bridgehead atoms. The highest BCUT2D eigenvalue weighted by atomic mass is 16.2. The van der Waals surface area contributed by atoms with Gasteiger partial charge in [0.15, 0.2) is 0 Å². The number of hydrogen-bond donors (Lipinski definition) is 0. The van der Waals surface area contributed by atoms with Crippen LogP contribution in [-0.4, -0.2) is 41.2 Å². The lowest BCUT2D eigenvalue weighted by Gasteiger charge is -2.21. The van der Waals surface area contributed by atoms with Crippen LogP contribution >= 0.6 is 0 Å². The first kappa shape index (κ1) is 29.9. The molecule has 1 aromatic rings. The molecule has 0 aromatic heterocycles. The molecule has 2 aliphatic rings. The molecule has 0 radical (unpaired) electrons. The van der Waals surface area contributed by atoms with Gasteiger partial charge in [0.1, 0.15) is 0 Å². The van der Waals surface area contributed by atoms with E-state index in [2.05, 4.69) is 19.1 Å². The average Bonchev–Trinajstić information content (AvgIpc) is 3.19. The standard InChI is InChI=1S/C18H33NO.C14H17NO/c1-2-3-4-5-6-7-8-9-10-13-16-19-17-14-11-12-15-18(19)20;1-12-7-5-6-10-15(14(12)16)11-13-8-3-2-4-9-13/h12,15H,2-11,13-14,16-17H2,1H3;2-4,7-9H,5-6,10-11H2,1H3. The molecule has 200 valence electrons. The van der Waals surface area contributed by atoms with Gasteiger partial charge < -0.3 is 9.80 Å². The van der Waals surface area contributed by atoms with Crippen LogP contribution < -0.4 is 0 Å². The second-order valence-electron chi connectivity index (χ2n) is 10.3. The number of nitrogens with zero attached hydrogens (tertiary/aromatic N) is 2. The number of amides is 2. The van der Waals surface area contributed by atoms with Crippen molar-refractivity contribution in [3.63, 3.8) is 0 Å². The van der Waals surface area contributed by atoms with E-state index < -0.39 is 0 Å². The summed E-state index contributed by atoms with van der Waals surface area (Å²) >= 11 is 0. The lowest BCUT2D eigenvalue weighted by atomic mass is 10.1. The number of unbranched alkanes of at least 4 members (excludes halogenated alkanes) is 9. The van der Waals surface area contributed by atoms with Crippen molar-refractivity contribution in [1.29, 1.82) is 0 Å². The SMILES string of the molecule is CC1=CCCCN(Cc2ccccc2)C1=O.CCCCCCCCCCCCN1CCCC=CC1=O. The Morgan fingerprint density at radius 1 is 0.750 bits per heavy atom. The quantitative estimate of drug-likeness (QED) is 0.262. The van der Waals surface area contributed by atoms with Crippen LogP contribution in [0.3, 0.4) is 0 Å². The monoisotopic (exact) mass is 494 g/mol. The second kappa shape index (κ2) is 18.8. The molecule has 0 N–H and O–H groups in total. The lowest BCUT2D eigenvalue weighted by Crippen LogP contribution is -2.30. The van der Waals surface area contributed by atoms with Crippen LogP contribution in [-0.2, 0) is 16.1 Å². The van der Waals surface area contributed by atoms with E-state index in [-0.39, 0.29) is 11.8 Å². The number of benzene rings is 1. The summed E-state index contributed by atoms with van der Waals surface area (Å²) in [6.45, 7) is 7.67. The molecule has 4 nitrogen and oxygen atoms in total. The zero-order valence-electron chi connectivity index (χ0n) is 23.1. The zero-order chi connectivity index (χ0) is 25.8. The van der Waals surface area contributed by atoms with Crippen LogP contribution in [0.15, 0.2) is 54.1 Å². The summed E-state index contributed by atoms with van der Waals surface area (Å²) in [5.41, 5.74) is 2.08. The Bertz CT molecular complexity index is 800. The van der Waals surface area contributed by atoms with Crippen molar-refractivity contribution in [2.24, 2.45) is 0 Å². The molecular formula is C32H50N2O2. The molecule has 4 heteroatoms. The normalized spacial score (nSPS) is 16.2. The molecular weight excluding hydrogens is 444 g/mol. The number of hydrogen-bond acceptors (Lipinski definition) is 2. The van der Waals surface area contributed by atoms with Gasteiger partial charge in [0, 0.05) is 31.8 Å². The number of carbonyl (C=O) groups excluding carboxylic acids is 2. The molecule has 2 amide bonds. The second-order valence-corrected chi connectivity index (χ2v) is 10.3. The van der Waals surface area contributed by atoms with E-state index in [1.165, 1.54) is 69.8 Å². The molecule has 36 heavy (non-hydrogen) atoms. The topological polar surface area (TPSA) is 40.6 Å². The predicted octanol–water partition coefficient (Wildman–Crippen LogP) is 7.84. The molecule has 0 spiro atoms. The van der Waals surface area contributed by atoms with Gasteiger partial charge >= 0.3 is 0 Å². The number of rotatable bonds is 13. The summed E-state index contributed by atoms with van der Waals surface area (Å²) in [6, 6.07) is 10.2. The van der Waals surface area contributed by atoms with Crippen LogP contribution in [0.25, 0.3) is 0 Å². The molecule has 2 heterocycles. The Hall–Kier alpha value is -2.36.